The molecule has 128 valence electrons. The van der Waals surface area contributed by atoms with Gasteiger partial charge in [-0.3, -0.25) is 4.79 Å². The van der Waals surface area contributed by atoms with Crippen LogP contribution in [0.3, 0.4) is 0 Å². The van der Waals surface area contributed by atoms with Gasteiger partial charge in [0.1, 0.15) is 12.2 Å². The molecule has 1 aliphatic carbocycles. The molecule has 4 rings (SSSR count). The quantitative estimate of drug-likeness (QED) is 0.853. The van der Waals surface area contributed by atoms with Gasteiger partial charge in [-0.1, -0.05) is 6.08 Å². The third-order valence-electron chi connectivity index (χ3n) is 5.04. The van der Waals surface area contributed by atoms with Gasteiger partial charge in [0, 0.05) is 18.4 Å². The van der Waals surface area contributed by atoms with Crippen LogP contribution in [0.1, 0.15) is 32.1 Å². The molecule has 3 atom stereocenters. The van der Waals surface area contributed by atoms with Gasteiger partial charge in [0.2, 0.25) is 5.91 Å². The Balaban J connectivity index is 1.55. The molecule has 1 aromatic rings. The molecule has 5 nitrogen and oxygen atoms in total. The lowest BCUT2D eigenvalue weighted by atomic mass is 10.0. The number of pyridine rings is 1. The molecule has 6 heteroatoms. The number of hydrogen-bond acceptors (Lipinski definition) is 4. The summed E-state index contributed by atoms with van der Waals surface area (Å²) >= 11 is 0. The molecule has 0 unspecified atom stereocenters. The first-order valence-electron chi connectivity index (χ1n) is 8.63. The van der Waals surface area contributed by atoms with Crippen molar-refractivity contribution in [3.05, 3.63) is 35.8 Å². The molecular formula is C18H21FN2O3. The van der Waals surface area contributed by atoms with Crippen molar-refractivity contribution in [2.24, 2.45) is 0 Å². The van der Waals surface area contributed by atoms with Crippen LogP contribution in [0.15, 0.2) is 30.0 Å². The maximum atomic E-state index is 13.9. The second-order valence-corrected chi connectivity index (χ2v) is 6.57. The zero-order valence-electron chi connectivity index (χ0n) is 13.5. The molecule has 24 heavy (non-hydrogen) atoms. The molecule has 0 radical (unpaired) electrons. The third kappa shape index (κ3) is 2.79. The van der Waals surface area contributed by atoms with E-state index in [1.54, 1.807) is 0 Å². The minimum atomic E-state index is -0.492. The summed E-state index contributed by atoms with van der Waals surface area (Å²) in [6, 6.07) is 2.85. The SMILES string of the molecule is O=C(C1=CCCC1)N1C[C@H](Oc2ncccc2F)[C@H]2OCCC[C@H]21. The van der Waals surface area contributed by atoms with E-state index in [0.29, 0.717) is 13.2 Å². The highest BCUT2D eigenvalue weighted by atomic mass is 19.1. The van der Waals surface area contributed by atoms with Gasteiger partial charge < -0.3 is 14.4 Å². The fraction of sp³-hybridized carbons (Fsp3) is 0.556. The van der Waals surface area contributed by atoms with Gasteiger partial charge in [-0.25, -0.2) is 9.37 Å². The number of carbonyl (C=O) groups is 1. The topological polar surface area (TPSA) is 51.7 Å². The molecule has 0 bridgehead atoms. The summed E-state index contributed by atoms with van der Waals surface area (Å²) in [5.41, 5.74) is 0.893. The molecule has 3 aliphatic rings. The molecule has 3 heterocycles. The number of likely N-dealkylation sites (tertiary alicyclic amines) is 1. The Morgan fingerprint density at radius 1 is 1.42 bits per heavy atom. The molecule has 2 saturated heterocycles. The van der Waals surface area contributed by atoms with Gasteiger partial charge in [0.05, 0.1) is 12.6 Å². The lowest BCUT2D eigenvalue weighted by Gasteiger charge is -2.32. The Morgan fingerprint density at radius 2 is 2.33 bits per heavy atom. The van der Waals surface area contributed by atoms with Gasteiger partial charge in [-0.05, 0) is 44.2 Å². The fourth-order valence-electron chi connectivity index (χ4n) is 3.90. The van der Waals surface area contributed by atoms with E-state index in [2.05, 4.69) is 4.98 Å². The maximum absolute atomic E-state index is 13.9. The number of nitrogens with zero attached hydrogens (tertiary/aromatic N) is 2. The minimum Gasteiger partial charge on any atom is -0.468 e. The molecule has 0 aromatic carbocycles. The number of ether oxygens (including phenoxy) is 2. The van der Waals surface area contributed by atoms with E-state index in [9.17, 15) is 9.18 Å². The van der Waals surface area contributed by atoms with E-state index in [1.807, 2.05) is 11.0 Å². The van der Waals surface area contributed by atoms with Crippen LogP contribution in [-0.2, 0) is 9.53 Å². The van der Waals surface area contributed by atoms with Crippen LogP contribution >= 0.6 is 0 Å². The number of halogens is 1. The highest BCUT2D eigenvalue weighted by molar-refractivity contribution is 5.94. The number of carbonyl (C=O) groups excluding carboxylic acids is 1. The summed E-state index contributed by atoms with van der Waals surface area (Å²) in [7, 11) is 0. The van der Waals surface area contributed by atoms with Gasteiger partial charge >= 0.3 is 0 Å². The van der Waals surface area contributed by atoms with E-state index in [1.165, 1.54) is 18.3 Å². The first-order chi connectivity index (χ1) is 11.7. The van der Waals surface area contributed by atoms with E-state index < -0.39 is 5.82 Å². The molecular weight excluding hydrogens is 311 g/mol. The number of amides is 1. The Morgan fingerprint density at radius 3 is 3.12 bits per heavy atom. The second kappa shape index (κ2) is 6.51. The molecule has 0 N–H and O–H groups in total. The number of fused-ring (bicyclic) bond motifs is 1. The Labute approximate surface area is 140 Å². The van der Waals surface area contributed by atoms with Crippen LogP contribution in [0.5, 0.6) is 5.88 Å². The van der Waals surface area contributed by atoms with Crippen molar-refractivity contribution < 1.29 is 18.7 Å². The van der Waals surface area contributed by atoms with Crippen molar-refractivity contribution in [3.8, 4) is 5.88 Å². The Kier molecular flexibility index (Phi) is 4.22. The second-order valence-electron chi connectivity index (χ2n) is 6.57. The summed E-state index contributed by atoms with van der Waals surface area (Å²) in [5.74, 6) is -0.432. The Hall–Kier alpha value is -1.95. The first-order valence-corrected chi connectivity index (χ1v) is 8.63. The van der Waals surface area contributed by atoms with Crippen molar-refractivity contribution in [3.63, 3.8) is 0 Å². The van der Waals surface area contributed by atoms with Gasteiger partial charge in [-0.15, -0.1) is 0 Å². The van der Waals surface area contributed by atoms with Crippen LogP contribution in [0.4, 0.5) is 4.39 Å². The minimum absolute atomic E-state index is 0.00419. The summed E-state index contributed by atoms with van der Waals surface area (Å²) in [5, 5.41) is 0. The predicted molar refractivity (Wildman–Crippen MR) is 85.0 cm³/mol. The molecule has 1 amide bonds. The van der Waals surface area contributed by atoms with Gasteiger partial charge in [-0.2, -0.15) is 0 Å². The fourth-order valence-corrected chi connectivity index (χ4v) is 3.90. The van der Waals surface area contributed by atoms with Crippen molar-refractivity contribution in [2.75, 3.05) is 13.2 Å². The lowest BCUT2D eigenvalue weighted by molar-refractivity contribution is -0.130. The summed E-state index contributed by atoms with van der Waals surface area (Å²) in [6.07, 6.45) is 7.61. The molecule has 2 aliphatic heterocycles. The number of hydrogen-bond donors (Lipinski definition) is 0. The maximum Gasteiger partial charge on any atom is 0.250 e. The van der Waals surface area contributed by atoms with Gasteiger partial charge in [0.15, 0.2) is 5.82 Å². The van der Waals surface area contributed by atoms with E-state index >= 15 is 0 Å². The third-order valence-corrected chi connectivity index (χ3v) is 5.04. The number of rotatable bonds is 3. The largest absolute Gasteiger partial charge is 0.468 e. The van der Waals surface area contributed by atoms with Crippen LogP contribution in [0.2, 0.25) is 0 Å². The Bertz CT molecular complexity index is 663. The van der Waals surface area contributed by atoms with Gasteiger partial charge in [0.25, 0.3) is 5.88 Å². The van der Waals surface area contributed by atoms with Crippen molar-refractivity contribution in [1.29, 1.82) is 0 Å². The number of aromatic nitrogens is 1. The van der Waals surface area contributed by atoms with Crippen LogP contribution < -0.4 is 4.74 Å². The summed E-state index contributed by atoms with van der Waals surface area (Å²) in [6.45, 7) is 1.07. The average Bonchev–Trinajstić information content (AvgIpc) is 3.25. The van der Waals surface area contributed by atoms with Crippen molar-refractivity contribution in [2.45, 2.75) is 50.4 Å². The van der Waals surface area contributed by atoms with Crippen LogP contribution in [-0.4, -0.2) is 47.2 Å². The van der Waals surface area contributed by atoms with E-state index in [0.717, 1.165) is 37.7 Å². The zero-order valence-corrected chi connectivity index (χ0v) is 13.5. The summed E-state index contributed by atoms with van der Waals surface area (Å²) in [4.78, 5) is 18.7. The van der Waals surface area contributed by atoms with Crippen molar-refractivity contribution >= 4 is 5.91 Å². The standard InChI is InChI=1S/C18H21FN2O3/c19-13-7-3-9-20-17(13)24-15-11-21(14-8-4-10-23-16(14)15)18(22)12-5-1-2-6-12/h3,5,7,9,14-16H,1-2,4,6,8,10-11H2/t14-,15+,16+/m1/s1. The predicted octanol–water partition coefficient (Wildman–Crippen LogP) is 2.47. The van der Waals surface area contributed by atoms with Crippen molar-refractivity contribution in [1.82, 2.24) is 9.88 Å². The first kappa shape index (κ1) is 15.6. The van der Waals surface area contributed by atoms with E-state index in [4.69, 9.17) is 9.47 Å². The molecule has 0 spiro atoms. The summed E-state index contributed by atoms with van der Waals surface area (Å²) < 4.78 is 25.5. The zero-order chi connectivity index (χ0) is 16.5. The average molecular weight is 332 g/mol. The number of allylic oxidation sites excluding steroid dienone is 1. The molecule has 0 saturated carbocycles. The van der Waals surface area contributed by atoms with Crippen LogP contribution in [0.25, 0.3) is 0 Å². The highest BCUT2D eigenvalue weighted by Gasteiger charge is 2.48. The highest BCUT2D eigenvalue weighted by Crippen LogP contribution is 2.33. The molecule has 1 aromatic heterocycles. The monoisotopic (exact) mass is 332 g/mol. The normalized spacial score (nSPS) is 29.3. The lowest BCUT2D eigenvalue weighted by Crippen LogP contribution is -2.44. The molecule has 2 fully saturated rings. The van der Waals surface area contributed by atoms with Crippen LogP contribution in [0, 0.1) is 5.82 Å². The smallest absolute Gasteiger partial charge is 0.250 e. The van der Waals surface area contributed by atoms with E-state index in [-0.39, 0.29) is 30.0 Å².